The van der Waals surface area contributed by atoms with Gasteiger partial charge >= 0.3 is 11.9 Å². The predicted molar refractivity (Wildman–Crippen MR) is 351 cm³/mol. The summed E-state index contributed by atoms with van der Waals surface area (Å²) in [5.41, 5.74) is 0. The smallest absolute Gasteiger partial charge is 0.306 e. The molecule has 470 valence electrons. The summed E-state index contributed by atoms with van der Waals surface area (Å²) < 4.78 is 34.2. The minimum Gasteiger partial charge on any atom is -0.756 e. The molecule has 0 bridgehead atoms. The Hall–Kier alpha value is -3.59. The summed E-state index contributed by atoms with van der Waals surface area (Å²) in [7, 11) is 1.15. The van der Waals surface area contributed by atoms with Crippen LogP contribution < -0.4 is 4.89 Å². The highest BCUT2D eigenvalue weighted by atomic mass is 31.2. The van der Waals surface area contributed by atoms with Crippen LogP contribution in [0.1, 0.15) is 271 Å². The lowest BCUT2D eigenvalue weighted by atomic mass is 10.0. The van der Waals surface area contributed by atoms with E-state index >= 15 is 0 Å². The van der Waals surface area contributed by atoms with Gasteiger partial charge in [0.15, 0.2) is 6.10 Å². The molecule has 0 saturated carbocycles. The number of phosphoric acid groups is 1. The van der Waals surface area contributed by atoms with E-state index in [1.165, 1.54) is 122 Å². The zero-order valence-corrected chi connectivity index (χ0v) is 54.3. The number of hydrogen-bond acceptors (Lipinski definition) is 8. The first-order valence-corrected chi connectivity index (χ1v) is 34.7. The van der Waals surface area contributed by atoms with Crippen LogP contribution in [0, 0.1) is 0 Å². The molecule has 0 aliphatic carbocycles. The molecule has 0 aromatic rings. The van der Waals surface area contributed by atoms with Crippen molar-refractivity contribution in [1.29, 1.82) is 0 Å². The number of rotatable bonds is 60. The van der Waals surface area contributed by atoms with E-state index in [4.69, 9.17) is 18.5 Å². The number of likely N-dealkylation sites (N-methyl/N-ethyl adjacent to an activating group) is 1. The summed E-state index contributed by atoms with van der Waals surface area (Å²) >= 11 is 0. The molecule has 0 aromatic carbocycles. The third kappa shape index (κ3) is 65.6. The van der Waals surface area contributed by atoms with Gasteiger partial charge in [-0.3, -0.25) is 14.2 Å². The quantitative estimate of drug-likeness (QED) is 0.0195. The third-order valence-corrected chi connectivity index (χ3v) is 14.9. The monoisotopic (exact) mass is 1160 g/mol. The number of allylic oxidation sites excluding steroid dienone is 20. The van der Waals surface area contributed by atoms with E-state index < -0.39 is 32.5 Å². The topological polar surface area (TPSA) is 111 Å². The predicted octanol–water partition coefficient (Wildman–Crippen LogP) is 20.9. The first-order chi connectivity index (χ1) is 40.0. The van der Waals surface area contributed by atoms with Crippen LogP contribution in [0.4, 0.5) is 0 Å². The molecular formula is C72H124NO8P. The van der Waals surface area contributed by atoms with Crippen LogP contribution in [0.3, 0.4) is 0 Å². The number of hydrogen-bond donors (Lipinski definition) is 0. The van der Waals surface area contributed by atoms with Crippen LogP contribution in [0.2, 0.25) is 0 Å². The minimum atomic E-state index is -4.65. The molecule has 9 nitrogen and oxygen atoms in total. The van der Waals surface area contributed by atoms with Gasteiger partial charge in [-0.05, 0) is 103 Å². The Kier molecular flexibility index (Phi) is 59.2. The lowest BCUT2D eigenvalue weighted by Gasteiger charge is -2.28. The number of unbranched alkanes of at least 4 members (excludes halogenated alkanes) is 26. The average molecular weight is 1160 g/mol. The molecular weight excluding hydrogens is 1040 g/mol. The van der Waals surface area contributed by atoms with E-state index in [0.29, 0.717) is 23.9 Å². The maximum atomic E-state index is 12.8. The second-order valence-electron chi connectivity index (χ2n) is 23.1. The number of phosphoric ester groups is 1. The summed E-state index contributed by atoms with van der Waals surface area (Å²) in [4.78, 5) is 37.9. The number of esters is 2. The van der Waals surface area contributed by atoms with Gasteiger partial charge in [-0.15, -0.1) is 0 Å². The number of carbonyl (C=O) groups is 2. The van der Waals surface area contributed by atoms with Crippen LogP contribution in [-0.4, -0.2) is 70.0 Å². The van der Waals surface area contributed by atoms with Gasteiger partial charge in [0.25, 0.3) is 7.82 Å². The van der Waals surface area contributed by atoms with Gasteiger partial charge in [-0.2, -0.15) is 0 Å². The van der Waals surface area contributed by atoms with E-state index in [9.17, 15) is 19.0 Å². The van der Waals surface area contributed by atoms with E-state index in [-0.39, 0.29) is 26.1 Å². The molecule has 0 aliphatic rings. The molecule has 0 heterocycles. The van der Waals surface area contributed by atoms with Crippen molar-refractivity contribution in [2.45, 2.75) is 277 Å². The Labute approximate surface area is 505 Å². The third-order valence-electron chi connectivity index (χ3n) is 14.0. The highest BCUT2D eigenvalue weighted by Gasteiger charge is 2.22. The van der Waals surface area contributed by atoms with Gasteiger partial charge in [-0.1, -0.05) is 277 Å². The standard InChI is InChI=1S/C72H124NO8P/c1-6-8-10-12-14-16-18-20-22-24-25-26-27-28-29-30-31-32-33-34-35-36-37-38-39-40-41-42-43-44-45-46-47-49-51-53-55-57-59-61-63-65-72(75)81-70(69-80-82(76,77)79-67-66-73(3,4)5)68-78-71(74)64-62-60-58-56-54-52-50-48-23-21-19-17-15-13-11-9-7-2/h8-11,14-17,20-23,25-26,28-29,31-32,50,52,70H,6-7,12-13,18-19,24,27,30,33-49,51,53-69H2,1-5H3/b10-8-,11-9-,16-14-,17-15-,22-20-,23-21-,26-25-,29-28-,32-31-,52-50-. The molecule has 0 fully saturated rings. The van der Waals surface area contributed by atoms with Crippen LogP contribution in [0.5, 0.6) is 0 Å². The van der Waals surface area contributed by atoms with Crippen LogP contribution in [0.15, 0.2) is 122 Å². The van der Waals surface area contributed by atoms with Crippen LogP contribution in [-0.2, 0) is 32.7 Å². The van der Waals surface area contributed by atoms with E-state index in [1.807, 2.05) is 21.1 Å². The van der Waals surface area contributed by atoms with Gasteiger partial charge < -0.3 is 27.9 Å². The lowest BCUT2D eigenvalue weighted by Crippen LogP contribution is -2.37. The molecule has 0 spiro atoms. The summed E-state index contributed by atoms with van der Waals surface area (Å²) in [6, 6.07) is 0. The number of quaternary nitrogens is 1. The normalized spacial score (nSPS) is 14.0. The summed E-state index contributed by atoms with van der Waals surface area (Å²) in [5.74, 6) is -0.859. The largest absolute Gasteiger partial charge is 0.756 e. The zero-order chi connectivity index (χ0) is 59.8. The average Bonchev–Trinajstić information content (AvgIpc) is 3.45. The van der Waals surface area contributed by atoms with Crippen molar-refractivity contribution in [2.24, 2.45) is 0 Å². The molecule has 0 saturated heterocycles. The van der Waals surface area contributed by atoms with Gasteiger partial charge in [0, 0.05) is 12.8 Å². The second kappa shape index (κ2) is 62.0. The van der Waals surface area contributed by atoms with Gasteiger partial charge in [0.1, 0.15) is 19.8 Å². The fraction of sp³-hybridized carbons (Fsp3) is 0.694. The molecule has 0 amide bonds. The van der Waals surface area contributed by atoms with Crippen molar-refractivity contribution >= 4 is 19.8 Å². The molecule has 2 unspecified atom stereocenters. The van der Waals surface area contributed by atoms with E-state index in [0.717, 1.165) is 109 Å². The van der Waals surface area contributed by atoms with Crippen LogP contribution >= 0.6 is 7.82 Å². The van der Waals surface area contributed by atoms with Crippen molar-refractivity contribution in [1.82, 2.24) is 0 Å². The zero-order valence-electron chi connectivity index (χ0n) is 53.4. The van der Waals surface area contributed by atoms with Crippen molar-refractivity contribution < 1.29 is 42.1 Å². The maximum Gasteiger partial charge on any atom is 0.306 e. The van der Waals surface area contributed by atoms with E-state index in [2.05, 4.69) is 135 Å². The van der Waals surface area contributed by atoms with Gasteiger partial charge in [-0.25, -0.2) is 0 Å². The summed E-state index contributed by atoms with van der Waals surface area (Å²) in [6.45, 7) is 3.99. The molecule has 0 rings (SSSR count). The van der Waals surface area contributed by atoms with Gasteiger partial charge in [0.2, 0.25) is 0 Å². The number of nitrogens with zero attached hydrogens (tertiary/aromatic N) is 1. The highest BCUT2D eigenvalue weighted by Crippen LogP contribution is 2.38. The SMILES string of the molecule is CC/C=C\C/C=C\C/C=C\C/C=C\C/C=C\C/C=C\CCCCCCCCCCCCCCCCCCCCCCCCC(=O)OC(COC(=O)CCCCCC/C=C\C/C=C\C/C=C\C/C=C\CC)COP(=O)([O-])OCC[N+](C)(C)C. The lowest BCUT2D eigenvalue weighted by molar-refractivity contribution is -0.870. The van der Waals surface area contributed by atoms with Crippen molar-refractivity contribution in [3.8, 4) is 0 Å². The van der Waals surface area contributed by atoms with Crippen molar-refractivity contribution in [3.05, 3.63) is 122 Å². The molecule has 0 aromatic heterocycles. The summed E-state index contributed by atoms with van der Waals surface area (Å²) in [5, 5.41) is 0. The second-order valence-corrected chi connectivity index (χ2v) is 24.5. The first kappa shape index (κ1) is 78.4. The molecule has 10 heteroatoms. The summed E-state index contributed by atoms with van der Waals surface area (Å²) in [6.07, 6.45) is 88.6. The number of carbonyl (C=O) groups excluding carboxylic acids is 2. The Morgan fingerprint density at radius 2 is 0.659 bits per heavy atom. The first-order valence-electron chi connectivity index (χ1n) is 33.2. The Morgan fingerprint density at radius 3 is 0.976 bits per heavy atom. The van der Waals surface area contributed by atoms with E-state index in [1.54, 1.807) is 0 Å². The molecule has 0 radical (unpaired) electrons. The molecule has 0 aliphatic heterocycles. The fourth-order valence-electron chi connectivity index (χ4n) is 8.95. The van der Waals surface area contributed by atoms with Gasteiger partial charge in [0.05, 0.1) is 27.7 Å². The number of ether oxygens (including phenoxy) is 2. The molecule has 0 N–H and O–H groups in total. The fourth-order valence-corrected chi connectivity index (χ4v) is 9.68. The Bertz CT molecular complexity index is 1800. The van der Waals surface area contributed by atoms with Crippen LogP contribution in [0.25, 0.3) is 0 Å². The highest BCUT2D eigenvalue weighted by molar-refractivity contribution is 7.45. The molecule has 2 atom stereocenters. The van der Waals surface area contributed by atoms with Crippen molar-refractivity contribution in [2.75, 3.05) is 47.5 Å². The van der Waals surface area contributed by atoms with Crippen molar-refractivity contribution in [3.63, 3.8) is 0 Å². The minimum absolute atomic E-state index is 0.0385. The maximum absolute atomic E-state index is 12.8. The molecule has 82 heavy (non-hydrogen) atoms. The Balaban J connectivity index is 3.96. The Morgan fingerprint density at radius 1 is 0.378 bits per heavy atom.